The molecule has 0 fully saturated rings. The minimum atomic E-state index is -1.24. The standard InChI is InChI=1S/C16H18O6/c1-16(2,3)15(19)22-10-5-6-11-9(7-10)8-21-13(12(11)17)14(18)20-4/h5-7,13H,8H2,1-4H3. The van der Waals surface area contributed by atoms with E-state index in [2.05, 4.69) is 4.74 Å². The van der Waals surface area contributed by atoms with Crippen LogP contribution in [-0.4, -0.2) is 30.9 Å². The van der Waals surface area contributed by atoms with Crippen molar-refractivity contribution in [1.29, 1.82) is 0 Å². The number of carbonyl (C=O) groups is 3. The molecule has 1 aliphatic heterocycles. The van der Waals surface area contributed by atoms with Crippen molar-refractivity contribution >= 4 is 17.7 Å². The fourth-order valence-corrected chi connectivity index (χ4v) is 1.93. The predicted octanol–water partition coefficient (Wildman–Crippen LogP) is 1.89. The Bertz CT molecular complexity index is 626. The lowest BCUT2D eigenvalue weighted by Crippen LogP contribution is -2.37. The summed E-state index contributed by atoms with van der Waals surface area (Å²) in [6.45, 7) is 5.33. The van der Waals surface area contributed by atoms with Crippen LogP contribution in [-0.2, 0) is 25.7 Å². The van der Waals surface area contributed by atoms with Gasteiger partial charge in [-0.05, 0) is 44.5 Å². The van der Waals surface area contributed by atoms with Gasteiger partial charge in [0.15, 0.2) is 0 Å². The van der Waals surface area contributed by atoms with Gasteiger partial charge in [-0.1, -0.05) is 0 Å². The highest BCUT2D eigenvalue weighted by Gasteiger charge is 2.35. The van der Waals surface area contributed by atoms with Crippen molar-refractivity contribution in [3.63, 3.8) is 0 Å². The van der Waals surface area contributed by atoms with Crippen molar-refractivity contribution in [2.75, 3.05) is 7.11 Å². The first-order chi connectivity index (χ1) is 10.2. The number of esters is 2. The average Bonchev–Trinajstić information content (AvgIpc) is 2.45. The molecule has 0 N–H and O–H groups in total. The van der Waals surface area contributed by atoms with Gasteiger partial charge < -0.3 is 14.2 Å². The van der Waals surface area contributed by atoms with Crippen LogP contribution in [0.25, 0.3) is 0 Å². The number of carbonyl (C=O) groups excluding carboxylic acids is 3. The zero-order valence-electron chi connectivity index (χ0n) is 13.0. The van der Waals surface area contributed by atoms with Crippen LogP contribution in [0.4, 0.5) is 0 Å². The number of hydrogen-bond donors (Lipinski definition) is 0. The van der Waals surface area contributed by atoms with E-state index in [1.807, 2.05) is 0 Å². The summed E-state index contributed by atoms with van der Waals surface area (Å²) in [6, 6.07) is 4.63. The molecule has 6 heteroatoms. The number of rotatable bonds is 2. The molecule has 6 nitrogen and oxygen atoms in total. The molecule has 1 unspecified atom stereocenters. The van der Waals surface area contributed by atoms with Gasteiger partial charge in [-0.15, -0.1) is 0 Å². The minimum Gasteiger partial charge on any atom is -0.467 e. The molecule has 0 amide bonds. The maximum atomic E-state index is 12.2. The Morgan fingerprint density at radius 2 is 1.95 bits per heavy atom. The highest BCUT2D eigenvalue weighted by Crippen LogP contribution is 2.27. The van der Waals surface area contributed by atoms with E-state index in [1.54, 1.807) is 26.8 Å². The molecular weight excluding hydrogens is 288 g/mol. The Labute approximate surface area is 128 Å². The Kier molecular flexibility index (Phi) is 4.32. The molecule has 0 aromatic heterocycles. The summed E-state index contributed by atoms with van der Waals surface area (Å²) >= 11 is 0. The molecule has 2 rings (SSSR count). The normalized spacial score (nSPS) is 17.6. The fourth-order valence-electron chi connectivity index (χ4n) is 1.93. The van der Waals surface area contributed by atoms with Crippen molar-refractivity contribution in [3.8, 4) is 5.75 Å². The lowest BCUT2D eigenvalue weighted by Gasteiger charge is -2.23. The van der Waals surface area contributed by atoms with Crippen LogP contribution in [0.15, 0.2) is 18.2 Å². The highest BCUT2D eigenvalue weighted by molar-refractivity contribution is 6.12. The summed E-state index contributed by atoms with van der Waals surface area (Å²) in [7, 11) is 1.20. The molecule has 1 aromatic rings. The molecule has 0 bridgehead atoms. The molecule has 0 spiro atoms. The predicted molar refractivity (Wildman–Crippen MR) is 76.5 cm³/mol. The van der Waals surface area contributed by atoms with Crippen molar-refractivity contribution in [1.82, 2.24) is 0 Å². The van der Waals surface area contributed by atoms with Gasteiger partial charge in [0.05, 0.1) is 19.1 Å². The van der Waals surface area contributed by atoms with Crippen LogP contribution in [0, 0.1) is 5.41 Å². The molecule has 118 valence electrons. The summed E-state index contributed by atoms with van der Waals surface area (Å²) in [5, 5.41) is 0. The topological polar surface area (TPSA) is 78.9 Å². The number of Topliss-reactive ketones (excluding diaryl/α,β-unsaturated/α-hetero) is 1. The van der Waals surface area contributed by atoms with Gasteiger partial charge in [0.25, 0.3) is 0 Å². The third-order valence-corrected chi connectivity index (χ3v) is 3.22. The van der Waals surface area contributed by atoms with Crippen molar-refractivity contribution in [3.05, 3.63) is 29.3 Å². The van der Waals surface area contributed by atoms with E-state index in [4.69, 9.17) is 9.47 Å². The first kappa shape index (κ1) is 16.2. The van der Waals surface area contributed by atoms with Gasteiger partial charge in [-0.3, -0.25) is 9.59 Å². The van der Waals surface area contributed by atoms with Crippen LogP contribution in [0.2, 0.25) is 0 Å². The second-order valence-electron chi connectivity index (χ2n) is 6.04. The molecule has 0 aliphatic carbocycles. The summed E-state index contributed by atoms with van der Waals surface area (Å²) in [6.07, 6.45) is -1.24. The fraction of sp³-hybridized carbons (Fsp3) is 0.438. The number of ketones is 1. The lowest BCUT2D eigenvalue weighted by atomic mass is 9.96. The zero-order chi connectivity index (χ0) is 16.5. The summed E-state index contributed by atoms with van der Waals surface area (Å²) in [5.74, 6) is -1.21. The van der Waals surface area contributed by atoms with Crippen molar-refractivity contribution in [2.24, 2.45) is 5.41 Å². The van der Waals surface area contributed by atoms with Gasteiger partial charge in [-0.2, -0.15) is 0 Å². The third-order valence-electron chi connectivity index (χ3n) is 3.22. The van der Waals surface area contributed by atoms with E-state index in [0.29, 0.717) is 16.9 Å². The van der Waals surface area contributed by atoms with Gasteiger partial charge in [-0.25, -0.2) is 4.79 Å². The first-order valence-corrected chi connectivity index (χ1v) is 6.83. The van der Waals surface area contributed by atoms with Gasteiger partial charge >= 0.3 is 11.9 Å². The monoisotopic (exact) mass is 306 g/mol. The Hall–Kier alpha value is -2.21. The lowest BCUT2D eigenvalue weighted by molar-refractivity contribution is -0.151. The largest absolute Gasteiger partial charge is 0.467 e. The molecule has 1 aliphatic rings. The number of methoxy groups -OCH3 is 1. The summed E-state index contributed by atoms with van der Waals surface area (Å²) < 4.78 is 15.0. The number of hydrogen-bond acceptors (Lipinski definition) is 6. The SMILES string of the molecule is COC(=O)C1OCc2cc(OC(=O)C(C)(C)C)ccc2C1=O. The quantitative estimate of drug-likeness (QED) is 0.471. The second kappa shape index (κ2) is 5.88. The summed E-state index contributed by atoms with van der Waals surface area (Å²) in [5.41, 5.74) is 0.319. The Morgan fingerprint density at radius 3 is 2.55 bits per heavy atom. The Morgan fingerprint density at radius 1 is 1.27 bits per heavy atom. The maximum absolute atomic E-state index is 12.2. The van der Waals surface area contributed by atoms with Crippen molar-refractivity contribution in [2.45, 2.75) is 33.5 Å². The number of fused-ring (bicyclic) bond motifs is 1. The van der Waals surface area contributed by atoms with Gasteiger partial charge in [0.1, 0.15) is 5.75 Å². The molecular formula is C16H18O6. The average molecular weight is 306 g/mol. The minimum absolute atomic E-state index is 0.0712. The van der Waals surface area contributed by atoms with Crippen LogP contribution in [0.3, 0.4) is 0 Å². The van der Waals surface area contributed by atoms with Gasteiger partial charge in [0.2, 0.25) is 11.9 Å². The van der Waals surface area contributed by atoms with Crippen LogP contribution in [0.5, 0.6) is 5.75 Å². The van der Waals surface area contributed by atoms with E-state index in [-0.39, 0.29) is 12.6 Å². The van der Waals surface area contributed by atoms with Crippen LogP contribution >= 0.6 is 0 Å². The van der Waals surface area contributed by atoms with E-state index in [9.17, 15) is 14.4 Å². The van der Waals surface area contributed by atoms with Crippen molar-refractivity contribution < 1.29 is 28.6 Å². The molecule has 1 heterocycles. The first-order valence-electron chi connectivity index (χ1n) is 6.83. The summed E-state index contributed by atoms with van der Waals surface area (Å²) in [4.78, 5) is 35.5. The van der Waals surface area contributed by atoms with E-state index < -0.39 is 23.3 Å². The number of ether oxygens (including phenoxy) is 3. The zero-order valence-corrected chi connectivity index (χ0v) is 13.0. The van der Waals surface area contributed by atoms with E-state index in [0.717, 1.165) is 0 Å². The van der Waals surface area contributed by atoms with Gasteiger partial charge in [0, 0.05) is 5.56 Å². The molecule has 1 aromatic carbocycles. The van der Waals surface area contributed by atoms with Crippen LogP contribution in [0.1, 0.15) is 36.7 Å². The third kappa shape index (κ3) is 3.17. The molecule has 0 radical (unpaired) electrons. The van der Waals surface area contributed by atoms with E-state index in [1.165, 1.54) is 19.2 Å². The maximum Gasteiger partial charge on any atom is 0.343 e. The second-order valence-corrected chi connectivity index (χ2v) is 6.04. The molecule has 0 saturated carbocycles. The Balaban J connectivity index is 2.22. The van der Waals surface area contributed by atoms with E-state index >= 15 is 0 Å². The van der Waals surface area contributed by atoms with Crippen LogP contribution < -0.4 is 4.74 Å². The smallest absolute Gasteiger partial charge is 0.343 e. The molecule has 1 atom stereocenters. The number of benzene rings is 1. The molecule has 0 saturated heterocycles. The molecule has 22 heavy (non-hydrogen) atoms. The highest BCUT2D eigenvalue weighted by atomic mass is 16.6.